The molecule has 0 N–H and O–H groups in total. The van der Waals surface area contributed by atoms with Gasteiger partial charge in [-0.05, 0) is 48.2 Å². The van der Waals surface area contributed by atoms with Gasteiger partial charge in [0.1, 0.15) is 17.2 Å². The number of benzene rings is 2. The molecule has 1 fully saturated rings. The minimum atomic E-state index is -0.107. The predicted molar refractivity (Wildman–Crippen MR) is 104 cm³/mol. The molecule has 2 aromatic carbocycles. The predicted octanol–water partition coefficient (Wildman–Crippen LogP) is 5.27. The van der Waals surface area contributed by atoms with E-state index in [2.05, 4.69) is 0 Å². The molecular weight excluding hydrogens is 340 g/mol. The van der Waals surface area contributed by atoms with Crippen LogP contribution in [-0.4, -0.2) is 19.5 Å². The number of hydrogen-bond donors (Lipinski definition) is 0. The van der Waals surface area contributed by atoms with Gasteiger partial charge in [-0.15, -0.1) is 0 Å². The Labute approximate surface area is 159 Å². The number of methoxy groups -OCH3 is 1. The average Bonchev–Trinajstić information content (AvgIpc) is 3.31. The van der Waals surface area contributed by atoms with Crippen molar-refractivity contribution in [3.8, 4) is 17.2 Å². The molecule has 1 heterocycles. The summed E-state index contributed by atoms with van der Waals surface area (Å²) >= 11 is 0. The van der Waals surface area contributed by atoms with Crippen LogP contribution in [0.1, 0.15) is 48.0 Å². The summed E-state index contributed by atoms with van der Waals surface area (Å²) in [6.45, 7) is 0.768. The summed E-state index contributed by atoms with van der Waals surface area (Å²) in [5, 5.41) is 0. The first-order chi connectivity index (χ1) is 13.2. The second-order valence-electron chi connectivity index (χ2n) is 7.16. The van der Waals surface area contributed by atoms with E-state index in [4.69, 9.17) is 14.2 Å². The van der Waals surface area contributed by atoms with E-state index < -0.39 is 0 Å². The fourth-order valence-corrected chi connectivity index (χ4v) is 3.75. The molecular formula is C23H24O4. The molecule has 0 saturated heterocycles. The van der Waals surface area contributed by atoms with Crippen molar-refractivity contribution in [3.05, 3.63) is 59.4 Å². The van der Waals surface area contributed by atoms with E-state index in [9.17, 15) is 4.79 Å². The number of carbonyl (C=O) groups is 1. The third-order valence-corrected chi connectivity index (χ3v) is 5.32. The van der Waals surface area contributed by atoms with Gasteiger partial charge in [-0.1, -0.05) is 37.8 Å². The summed E-state index contributed by atoms with van der Waals surface area (Å²) in [6, 6.07) is 13.0. The second-order valence-corrected chi connectivity index (χ2v) is 7.16. The minimum absolute atomic E-state index is 0.107. The maximum absolute atomic E-state index is 12.5. The van der Waals surface area contributed by atoms with Crippen LogP contribution in [0.5, 0.6) is 17.2 Å². The first-order valence-corrected chi connectivity index (χ1v) is 9.58. The monoisotopic (exact) mass is 364 g/mol. The van der Waals surface area contributed by atoms with Crippen LogP contribution >= 0.6 is 0 Å². The number of allylic oxidation sites excluding steroid dienone is 1. The second kappa shape index (κ2) is 7.87. The molecule has 0 radical (unpaired) electrons. The Kier molecular flexibility index (Phi) is 5.14. The standard InChI is InChI=1S/C23H24O4/c1-25-19-10-11-20-21(15-19)27-22(23(20)24)14-17-6-8-18(9-7-17)26-13-12-16-4-2-3-5-16/h6-11,14-16H,2-5,12-13H2,1H3/b22-14-. The first-order valence-electron chi connectivity index (χ1n) is 9.58. The molecule has 27 heavy (non-hydrogen) atoms. The van der Waals surface area contributed by atoms with Gasteiger partial charge in [0.2, 0.25) is 5.78 Å². The molecule has 4 heteroatoms. The SMILES string of the molecule is COc1ccc2c(c1)O/C(=C\c1ccc(OCCC3CCCC3)cc1)C2=O. The Hall–Kier alpha value is -2.75. The smallest absolute Gasteiger partial charge is 0.231 e. The van der Waals surface area contributed by atoms with Gasteiger partial charge in [0.25, 0.3) is 0 Å². The van der Waals surface area contributed by atoms with Crippen molar-refractivity contribution < 1.29 is 19.0 Å². The van der Waals surface area contributed by atoms with Crippen LogP contribution in [0.25, 0.3) is 6.08 Å². The van der Waals surface area contributed by atoms with Gasteiger partial charge in [-0.25, -0.2) is 0 Å². The summed E-state index contributed by atoms with van der Waals surface area (Å²) in [6.07, 6.45) is 8.32. The van der Waals surface area contributed by atoms with Crippen LogP contribution in [-0.2, 0) is 0 Å². The van der Waals surface area contributed by atoms with E-state index in [1.165, 1.54) is 25.7 Å². The lowest BCUT2D eigenvalue weighted by Crippen LogP contribution is -2.03. The van der Waals surface area contributed by atoms with Crippen molar-refractivity contribution >= 4 is 11.9 Å². The highest BCUT2D eigenvalue weighted by Gasteiger charge is 2.27. The summed E-state index contributed by atoms with van der Waals surface area (Å²) in [5.74, 6) is 3.12. The Balaban J connectivity index is 1.38. The average molecular weight is 364 g/mol. The van der Waals surface area contributed by atoms with Crippen molar-refractivity contribution in [2.45, 2.75) is 32.1 Å². The van der Waals surface area contributed by atoms with E-state index in [0.717, 1.165) is 30.3 Å². The van der Waals surface area contributed by atoms with Crippen molar-refractivity contribution in [1.29, 1.82) is 0 Å². The third-order valence-electron chi connectivity index (χ3n) is 5.32. The van der Waals surface area contributed by atoms with Gasteiger partial charge < -0.3 is 14.2 Å². The number of Topliss-reactive ketones (excluding diaryl/α,β-unsaturated/α-hetero) is 1. The van der Waals surface area contributed by atoms with E-state index >= 15 is 0 Å². The lowest BCUT2D eigenvalue weighted by atomic mass is 10.1. The van der Waals surface area contributed by atoms with Crippen LogP contribution in [0, 0.1) is 5.92 Å². The van der Waals surface area contributed by atoms with Crippen molar-refractivity contribution in [1.82, 2.24) is 0 Å². The summed E-state index contributed by atoms with van der Waals surface area (Å²) in [4.78, 5) is 12.5. The van der Waals surface area contributed by atoms with Gasteiger partial charge in [-0.2, -0.15) is 0 Å². The molecule has 4 nitrogen and oxygen atoms in total. The number of carbonyl (C=O) groups excluding carboxylic acids is 1. The fourth-order valence-electron chi connectivity index (χ4n) is 3.75. The lowest BCUT2D eigenvalue weighted by Gasteiger charge is -2.10. The van der Waals surface area contributed by atoms with Crippen LogP contribution in [0.4, 0.5) is 0 Å². The van der Waals surface area contributed by atoms with E-state index in [1.54, 1.807) is 31.4 Å². The minimum Gasteiger partial charge on any atom is -0.497 e. The van der Waals surface area contributed by atoms with Crippen molar-refractivity contribution in [2.24, 2.45) is 5.92 Å². The molecule has 0 atom stereocenters. The van der Waals surface area contributed by atoms with Gasteiger partial charge >= 0.3 is 0 Å². The lowest BCUT2D eigenvalue weighted by molar-refractivity contribution is 0.101. The molecule has 1 aliphatic carbocycles. The molecule has 0 amide bonds. The zero-order valence-electron chi connectivity index (χ0n) is 15.6. The molecule has 0 unspecified atom stereocenters. The number of fused-ring (bicyclic) bond motifs is 1. The molecule has 1 saturated carbocycles. The largest absolute Gasteiger partial charge is 0.497 e. The Bertz CT molecular complexity index is 845. The van der Waals surface area contributed by atoms with Crippen LogP contribution in [0.3, 0.4) is 0 Å². The summed E-state index contributed by atoms with van der Waals surface area (Å²) < 4.78 is 16.8. The number of rotatable bonds is 6. The highest BCUT2D eigenvalue weighted by atomic mass is 16.5. The highest BCUT2D eigenvalue weighted by molar-refractivity contribution is 6.14. The number of hydrogen-bond acceptors (Lipinski definition) is 4. The quantitative estimate of drug-likeness (QED) is 0.655. The maximum Gasteiger partial charge on any atom is 0.231 e. The first kappa shape index (κ1) is 17.7. The van der Waals surface area contributed by atoms with Crippen molar-refractivity contribution in [2.75, 3.05) is 13.7 Å². The maximum atomic E-state index is 12.5. The normalized spacial score (nSPS) is 17.8. The number of ether oxygens (including phenoxy) is 3. The Morgan fingerprint density at radius 3 is 2.56 bits per heavy atom. The zero-order chi connectivity index (χ0) is 18.6. The molecule has 0 aromatic heterocycles. The Morgan fingerprint density at radius 1 is 1.07 bits per heavy atom. The highest BCUT2D eigenvalue weighted by Crippen LogP contribution is 2.35. The topological polar surface area (TPSA) is 44.8 Å². The molecule has 2 aromatic rings. The van der Waals surface area contributed by atoms with E-state index in [-0.39, 0.29) is 5.78 Å². The zero-order valence-corrected chi connectivity index (χ0v) is 15.6. The van der Waals surface area contributed by atoms with Crippen LogP contribution in [0.15, 0.2) is 48.2 Å². The summed E-state index contributed by atoms with van der Waals surface area (Å²) in [5.41, 5.74) is 1.47. The molecule has 0 bridgehead atoms. The van der Waals surface area contributed by atoms with Gasteiger partial charge in [0.05, 0.1) is 19.3 Å². The molecule has 1 aliphatic heterocycles. The van der Waals surface area contributed by atoms with Crippen molar-refractivity contribution in [3.63, 3.8) is 0 Å². The Morgan fingerprint density at radius 2 is 1.81 bits per heavy atom. The molecule has 2 aliphatic rings. The van der Waals surface area contributed by atoms with Crippen LogP contribution in [0.2, 0.25) is 0 Å². The van der Waals surface area contributed by atoms with Crippen LogP contribution < -0.4 is 14.2 Å². The van der Waals surface area contributed by atoms with E-state index in [0.29, 0.717) is 22.8 Å². The number of ketones is 1. The fraction of sp³-hybridized carbons (Fsp3) is 0.348. The molecule has 0 spiro atoms. The molecule has 4 rings (SSSR count). The van der Waals surface area contributed by atoms with Gasteiger partial charge in [-0.3, -0.25) is 4.79 Å². The van der Waals surface area contributed by atoms with E-state index in [1.807, 2.05) is 24.3 Å². The van der Waals surface area contributed by atoms with Gasteiger partial charge in [0.15, 0.2) is 5.76 Å². The van der Waals surface area contributed by atoms with Gasteiger partial charge in [0, 0.05) is 6.07 Å². The third kappa shape index (κ3) is 4.00. The summed E-state index contributed by atoms with van der Waals surface area (Å²) in [7, 11) is 1.59. The molecule has 140 valence electrons.